The molecule has 1 N–H and O–H groups in total. The maximum Gasteiger partial charge on any atom is 0.330 e. The first kappa shape index (κ1) is 16.7. The molecule has 1 aromatic carbocycles. The molecule has 0 spiro atoms. The molecule has 0 bridgehead atoms. The average Bonchev–Trinajstić information content (AvgIpc) is 2.48. The van der Waals surface area contributed by atoms with Crippen molar-refractivity contribution in [2.75, 3.05) is 0 Å². The van der Waals surface area contributed by atoms with Crippen LogP contribution in [0, 0.1) is 0 Å². The van der Waals surface area contributed by atoms with Crippen LogP contribution in [0.4, 0.5) is 0 Å². The average molecular weight is 290 g/mol. The number of rotatable bonds is 7. The summed E-state index contributed by atoms with van der Waals surface area (Å²) in [4.78, 5) is 11.5. The normalized spacial score (nSPS) is 13.0. The van der Waals surface area contributed by atoms with E-state index >= 15 is 0 Å². The lowest BCUT2D eigenvalue weighted by Gasteiger charge is -2.33. The highest BCUT2D eigenvalue weighted by atomic mass is 28.3. The zero-order valence-electron chi connectivity index (χ0n) is 13.1. The highest BCUT2D eigenvalue weighted by Gasteiger charge is 2.33. The first-order chi connectivity index (χ1) is 9.50. The van der Waals surface area contributed by atoms with Gasteiger partial charge in [-0.05, 0) is 18.9 Å². The molecule has 110 valence electrons. The first-order valence-electron chi connectivity index (χ1n) is 7.48. The lowest BCUT2D eigenvalue weighted by molar-refractivity contribution is -0.132. The summed E-state index contributed by atoms with van der Waals surface area (Å²) in [6, 6.07) is 13.6. The van der Waals surface area contributed by atoms with E-state index in [2.05, 4.69) is 32.9 Å². The SMILES string of the molecule is CC[Si](CC)(CC)/C(Cc1ccccc1)=C(/C)C(=O)O. The topological polar surface area (TPSA) is 37.3 Å². The number of carbonyl (C=O) groups is 1. The van der Waals surface area contributed by atoms with E-state index < -0.39 is 14.0 Å². The second-order valence-corrected chi connectivity index (χ2v) is 10.7. The molecule has 1 rings (SSSR count). The molecule has 0 fully saturated rings. The number of hydrogen-bond donors (Lipinski definition) is 1. The number of aliphatic carboxylic acids is 1. The summed E-state index contributed by atoms with van der Waals surface area (Å²) in [6.45, 7) is 8.45. The largest absolute Gasteiger partial charge is 0.478 e. The Bertz CT molecular complexity index is 465. The fraction of sp³-hybridized carbons (Fsp3) is 0.471. The van der Waals surface area contributed by atoms with E-state index in [9.17, 15) is 9.90 Å². The summed E-state index contributed by atoms with van der Waals surface area (Å²) in [6.07, 6.45) is 0.792. The molecule has 3 heteroatoms. The fourth-order valence-electron chi connectivity index (χ4n) is 3.04. The molecule has 0 aromatic heterocycles. The maximum absolute atomic E-state index is 11.5. The van der Waals surface area contributed by atoms with Gasteiger partial charge >= 0.3 is 5.97 Å². The van der Waals surface area contributed by atoms with Gasteiger partial charge in [0.15, 0.2) is 0 Å². The van der Waals surface area contributed by atoms with Crippen LogP contribution in [-0.4, -0.2) is 19.1 Å². The number of carboxylic acid groups (broad SMARTS) is 1. The van der Waals surface area contributed by atoms with Crippen molar-refractivity contribution in [3.63, 3.8) is 0 Å². The van der Waals surface area contributed by atoms with Crippen molar-refractivity contribution in [2.24, 2.45) is 0 Å². The Morgan fingerprint density at radius 1 is 1.05 bits per heavy atom. The Morgan fingerprint density at radius 3 is 1.95 bits per heavy atom. The van der Waals surface area contributed by atoms with Gasteiger partial charge < -0.3 is 5.11 Å². The summed E-state index contributed by atoms with van der Waals surface area (Å²) in [5.41, 5.74) is 1.79. The molecule has 0 amide bonds. The van der Waals surface area contributed by atoms with Gasteiger partial charge in [0.2, 0.25) is 0 Å². The van der Waals surface area contributed by atoms with Crippen molar-refractivity contribution in [1.82, 2.24) is 0 Å². The van der Waals surface area contributed by atoms with Crippen LogP contribution >= 0.6 is 0 Å². The Hall–Kier alpha value is -1.35. The zero-order valence-corrected chi connectivity index (χ0v) is 14.1. The van der Waals surface area contributed by atoms with Crippen molar-refractivity contribution in [1.29, 1.82) is 0 Å². The highest BCUT2D eigenvalue weighted by Crippen LogP contribution is 2.33. The second kappa shape index (κ2) is 7.43. The maximum atomic E-state index is 11.5. The van der Waals surface area contributed by atoms with Crippen molar-refractivity contribution >= 4 is 14.0 Å². The molecule has 0 aliphatic carbocycles. The minimum atomic E-state index is -1.66. The van der Waals surface area contributed by atoms with E-state index in [0.29, 0.717) is 5.57 Å². The van der Waals surface area contributed by atoms with Crippen LogP contribution in [0.2, 0.25) is 18.1 Å². The van der Waals surface area contributed by atoms with Crippen LogP contribution < -0.4 is 0 Å². The van der Waals surface area contributed by atoms with Crippen LogP contribution in [-0.2, 0) is 11.2 Å². The first-order valence-corrected chi connectivity index (χ1v) is 10.1. The summed E-state index contributed by atoms with van der Waals surface area (Å²) < 4.78 is 0. The van der Waals surface area contributed by atoms with Crippen molar-refractivity contribution < 1.29 is 9.90 Å². The van der Waals surface area contributed by atoms with E-state index in [1.54, 1.807) is 6.92 Å². The van der Waals surface area contributed by atoms with Crippen LogP contribution in [0.25, 0.3) is 0 Å². The molecule has 0 atom stereocenters. The van der Waals surface area contributed by atoms with Gasteiger partial charge in [-0.1, -0.05) is 74.4 Å². The van der Waals surface area contributed by atoms with Crippen molar-refractivity contribution in [3.8, 4) is 0 Å². The number of hydrogen-bond acceptors (Lipinski definition) is 1. The highest BCUT2D eigenvalue weighted by molar-refractivity contribution is 6.86. The van der Waals surface area contributed by atoms with Crippen LogP contribution in [0.15, 0.2) is 41.1 Å². The summed E-state index contributed by atoms with van der Waals surface area (Å²) in [5.74, 6) is -0.761. The van der Waals surface area contributed by atoms with Gasteiger partial charge in [0.1, 0.15) is 0 Å². The monoisotopic (exact) mass is 290 g/mol. The van der Waals surface area contributed by atoms with Gasteiger partial charge in [0.05, 0.1) is 8.07 Å². The number of benzene rings is 1. The molecular weight excluding hydrogens is 264 g/mol. The smallest absolute Gasteiger partial charge is 0.330 e. The van der Waals surface area contributed by atoms with E-state index in [1.165, 1.54) is 10.8 Å². The molecule has 0 radical (unpaired) electrons. The Balaban J connectivity index is 3.30. The Morgan fingerprint density at radius 2 is 1.55 bits per heavy atom. The molecule has 0 unspecified atom stereocenters. The summed E-state index contributed by atoms with van der Waals surface area (Å²) in [5, 5.41) is 10.7. The molecular formula is C17H26O2Si. The van der Waals surface area contributed by atoms with Crippen LogP contribution in [0.1, 0.15) is 33.3 Å². The van der Waals surface area contributed by atoms with Crippen LogP contribution in [0.5, 0.6) is 0 Å². The van der Waals surface area contributed by atoms with E-state index in [-0.39, 0.29) is 0 Å². The van der Waals surface area contributed by atoms with Gasteiger partial charge in [-0.25, -0.2) is 4.79 Å². The van der Waals surface area contributed by atoms with E-state index in [0.717, 1.165) is 24.6 Å². The van der Waals surface area contributed by atoms with Crippen LogP contribution in [0.3, 0.4) is 0 Å². The predicted octanol–water partition coefficient (Wildman–Crippen LogP) is 4.68. The number of carboxylic acids is 1. The third-order valence-corrected chi connectivity index (χ3v) is 10.6. The molecule has 2 nitrogen and oxygen atoms in total. The van der Waals surface area contributed by atoms with Gasteiger partial charge in [0, 0.05) is 5.57 Å². The lowest BCUT2D eigenvalue weighted by Crippen LogP contribution is -2.37. The minimum absolute atomic E-state index is 0.575. The van der Waals surface area contributed by atoms with Crippen molar-refractivity contribution in [3.05, 3.63) is 46.7 Å². The van der Waals surface area contributed by atoms with E-state index in [1.807, 2.05) is 18.2 Å². The Kier molecular flexibility index (Phi) is 6.21. The molecule has 0 aliphatic heterocycles. The Labute approximate surface area is 123 Å². The molecule has 0 saturated heterocycles. The quantitative estimate of drug-likeness (QED) is 0.585. The standard InChI is InChI=1S/C17H26O2Si/c1-5-20(6-2,7-3)16(14(4)17(18)19)13-15-11-9-8-10-12-15/h8-12H,5-7,13H2,1-4H3,(H,18,19)/b16-14-. The molecule has 20 heavy (non-hydrogen) atoms. The molecule has 0 heterocycles. The van der Waals surface area contributed by atoms with Gasteiger partial charge in [-0.3, -0.25) is 0 Å². The fourth-order valence-corrected chi connectivity index (χ4v) is 7.30. The third kappa shape index (κ3) is 3.60. The van der Waals surface area contributed by atoms with Gasteiger partial charge in [0.25, 0.3) is 0 Å². The predicted molar refractivity (Wildman–Crippen MR) is 87.7 cm³/mol. The van der Waals surface area contributed by atoms with Crippen molar-refractivity contribution in [2.45, 2.75) is 52.2 Å². The lowest BCUT2D eigenvalue weighted by atomic mass is 10.1. The minimum Gasteiger partial charge on any atom is -0.478 e. The molecule has 0 aliphatic rings. The summed E-state index contributed by atoms with van der Waals surface area (Å²) in [7, 11) is -1.66. The van der Waals surface area contributed by atoms with E-state index in [4.69, 9.17) is 0 Å². The third-order valence-electron chi connectivity index (χ3n) is 4.67. The number of allylic oxidation sites excluding steroid dienone is 1. The molecule has 1 aromatic rings. The second-order valence-electron chi connectivity index (χ2n) is 5.41. The van der Waals surface area contributed by atoms with Gasteiger partial charge in [-0.2, -0.15) is 0 Å². The van der Waals surface area contributed by atoms with Gasteiger partial charge in [-0.15, -0.1) is 0 Å². The zero-order chi connectivity index (χ0) is 15.2. The molecule has 0 saturated carbocycles. The summed E-state index contributed by atoms with van der Waals surface area (Å²) >= 11 is 0.